The fourth-order valence-corrected chi connectivity index (χ4v) is 1.87. The minimum absolute atomic E-state index is 0.103. The van der Waals surface area contributed by atoms with Gasteiger partial charge in [-0.1, -0.05) is 48.8 Å². The van der Waals surface area contributed by atoms with E-state index in [2.05, 4.69) is 35.6 Å². The van der Waals surface area contributed by atoms with Crippen molar-refractivity contribution in [1.29, 1.82) is 0 Å². The molecule has 2 atom stereocenters. The monoisotopic (exact) mass is 326 g/mol. The molecular formula is C12H23IO2. The molecule has 0 spiro atoms. The molecule has 0 heterocycles. The smallest absolute Gasteiger partial charge is 0.155 e. The summed E-state index contributed by atoms with van der Waals surface area (Å²) < 4.78 is 13.2. The van der Waals surface area contributed by atoms with Crippen molar-refractivity contribution < 1.29 is 9.47 Å². The minimum Gasteiger partial charge on any atom is -0.353 e. The molecule has 0 aromatic carbocycles. The highest BCUT2D eigenvalue weighted by molar-refractivity contribution is 14.1. The van der Waals surface area contributed by atoms with Gasteiger partial charge in [-0.3, -0.25) is 0 Å². The van der Waals surface area contributed by atoms with Gasteiger partial charge in [0.15, 0.2) is 6.29 Å². The van der Waals surface area contributed by atoms with Gasteiger partial charge in [0.2, 0.25) is 0 Å². The van der Waals surface area contributed by atoms with Gasteiger partial charge in [-0.05, 0) is 30.4 Å². The van der Waals surface area contributed by atoms with Crippen LogP contribution in [-0.4, -0.2) is 19.0 Å². The van der Waals surface area contributed by atoms with Gasteiger partial charge in [0.1, 0.15) is 0 Å². The van der Waals surface area contributed by atoms with Crippen LogP contribution in [0.3, 0.4) is 0 Å². The molecule has 0 bridgehead atoms. The van der Waals surface area contributed by atoms with E-state index < -0.39 is 0 Å². The Morgan fingerprint density at radius 3 is 2.53 bits per heavy atom. The molecule has 0 rings (SSSR count). The van der Waals surface area contributed by atoms with Gasteiger partial charge in [-0.2, -0.15) is 0 Å². The van der Waals surface area contributed by atoms with E-state index in [1.54, 1.807) is 0 Å². The van der Waals surface area contributed by atoms with Crippen LogP contribution in [0.25, 0.3) is 0 Å². The molecule has 0 aliphatic carbocycles. The largest absolute Gasteiger partial charge is 0.353 e. The Morgan fingerprint density at radius 1 is 1.27 bits per heavy atom. The van der Waals surface area contributed by atoms with Gasteiger partial charge in [-0.25, -0.2) is 0 Å². The molecule has 90 valence electrons. The lowest BCUT2D eigenvalue weighted by molar-refractivity contribution is -0.147. The maximum Gasteiger partial charge on any atom is 0.155 e. The quantitative estimate of drug-likeness (QED) is 0.358. The summed E-state index contributed by atoms with van der Waals surface area (Å²) in [6.45, 7) is 6.86. The average Bonchev–Trinajstić information content (AvgIpc) is 2.18. The van der Waals surface area contributed by atoms with E-state index in [9.17, 15) is 0 Å². The van der Waals surface area contributed by atoms with Crippen molar-refractivity contribution in [3.05, 3.63) is 10.2 Å². The van der Waals surface area contributed by atoms with Crippen LogP contribution < -0.4 is 0 Å². The van der Waals surface area contributed by atoms with E-state index in [-0.39, 0.29) is 12.4 Å². The van der Waals surface area contributed by atoms with Crippen LogP contribution in [-0.2, 0) is 9.47 Å². The van der Waals surface area contributed by atoms with E-state index in [4.69, 9.17) is 9.47 Å². The SMILES string of the molecule is CCCCC[C@H](/C=C\I)OC(C)OCC. The zero-order valence-corrected chi connectivity index (χ0v) is 12.2. The van der Waals surface area contributed by atoms with Gasteiger partial charge in [-0.15, -0.1) is 0 Å². The summed E-state index contributed by atoms with van der Waals surface area (Å²) >= 11 is 2.23. The molecule has 0 radical (unpaired) electrons. The lowest BCUT2D eigenvalue weighted by Gasteiger charge is -2.19. The van der Waals surface area contributed by atoms with Crippen molar-refractivity contribution in [1.82, 2.24) is 0 Å². The van der Waals surface area contributed by atoms with E-state index in [0.717, 1.165) is 6.42 Å². The Kier molecular flexibility index (Phi) is 11.2. The zero-order chi connectivity index (χ0) is 11.5. The first-order valence-electron chi connectivity index (χ1n) is 5.78. The predicted molar refractivity (Wildman–Crippen MR) is 73.3 cm³/mol. The Morgan fingerprint density at radius 2 is 2.00 bits per heavy atom. The molecular weight excluding hydrogens is 303 g/mol. The Bertz CT molecular complexity index is 160. The standard InChI is InChI=1S/C12H23IO2/c1-4-6-7-8-12(9-10-13)15-11(3)14-5-2/h9-12H,4-8H2,1-3H3/b10-9-/t11?,12-/m1/s1. The maximum atomic E-state index is 5.76. The number of hydrogen-bond acceptors (Lipinski definition) is 2. The van der Waals surface area contributed by atoms with E-state index >= 15 is 0 Å². The highest BCUT2D eigenvalue weighted by Gasteiger charge is 2.09. The van der Waals surface area contributed by atoms with Gasteiger partial charge in [0.05, 0.1) is 6.10 Å². The molecule has 0 amide bonds. The van der Waals surface area contributed by atoms with Crippen LogP contribution in [0.2, 0.25) is 0 Å². The van der Waals surface area contributed by atoms with E-state index in [1.807, 2.05) is 17.9 Å². The number of ether oxygens (including phenoxy) is 2. The molecule has 0 aliphatic heterocycles. The molecule has 1 unspecified atom stereocenters. The van der Waals surface area contributed by atoms with Crippen LogP contribution in [0, 0.1) is 0 Å². The van der Waals surface area contributed by atoms with Gasteiger partial charge < -0.3 is 9.47 Å². The number of halogens is 1. The Balaban J connectivity index is 3.81. The van der Waals surface area contributed by atoms with Crippen molar-refractivity contribution in [3.8, 4) is 0 Å². The molecule has 0 aliphatic rings. The molecule has 0 aromatic heterocycles. The zero-order valence-electron chi connectivity index (χ0n) is 10.0. The minimum atomic E-state index is -0.103. The molecule has 15 heavy (non-hydrogen) atoms. The lowest BCUT2D eigenvalue weighted by Crippen LogP contribution is -2.20. The Labute approximate surface area is 108 Å². The first-order valence-corrected chi connectivity index (χ1v) is 7.03. The summed E-state index contributed by atoms with van der Waals surface area (Å²) in [6, 6.07) is 0. The van der Waals surface area contributed by atoms with Crippen LogP contribution >= 0.6 is 22.6 Å². The molecule has 0 fully saturated rings. The third-order valence-corrected chi connectivity index (χ3v) is 2.56. The highest BCUT2D eigenvalue weighted by Crippen LogP contribution is 2.12. The normalized spacial score (nSPS) is 15.7. The van der Waals surface area contributed by atoms with Crippen LogP contribution in [0.1, 0.15) is 46.5 Å². The Hall–Kier alpha value is 0.390. The number of rotatable bonds is 9. The molecule has 0 saturated heterocycles. The van der Waals surface area contributed by atoms with Crippen molar-refractivity contribution in [2.24, 2.45) is 0 Å². The van der Waals surface area contributed by atoms with Gasteiger partial charge in [0.25, 0.3) is 0 Å². The molecule has 0 N–H and O–H groups in total. The van der Waals surface area contributed by atoms with Crippen molar-refractivity contribution in [2.45, 2.75) is 58.8 Å². The lowest BCUT2D eigenvalue weighted by atomic mass is 10.1. The van der Waals surface area contributed by atoms with Crippen molar-refractivity contribution >= 4 is 22.6 Å². The summed E-state index contributed by atoms with van der Waals surface area (Å²) in [7, 11) is 0. The second kappa shape index (κ2) is 10.9. The van der Waals surface area contributed by atoms with Crippen molar-refractivity contribution in [3.63, 3.8) is 0 Å². The van der Waals surface area contributed by atoms with E-state index in [1.165, 1.54) is 19.3 Å². The molecule has 0 saturated carbocycles. The first-order chi connectivity index (χ1) is 7.24. The summed E-state index contributed by atoms with van der Waals surface area (Å²) in [6.07, 6.45) is 7.04. The van der Waals surface area contributed by atoms with Gasteiger partial charge in [0, 0.05) is 6.61 Å². The number of hydrogen-bond donors (Lipinski definition) is 0. The molecule has 2 nitrogen and oxygen atoms in total. The van der Waals surface area contributed by atoms with Crippen molar-refractivity contribution in [2.75, 3.05) is 6.61 Å². The first kappa shape index (κ1) is 15.4. The summed E-state index contributed by atoms with van der Waals surface area (Å²) in [5.74, 6) is 0. The average molecular weight is 326 g/mol. The summed E-state index contributed by atoms with van der Waals surface area (Å²) in [5.41, 5.74) is 0. The second-order valence-electron chi connectivity index (χ2n) is 3.51. The van der Waals surface area contributed by atoms with Crippen LogP contribution in [0.15, 0.2) is 10.2 Å². The van der Waals surface area contributed by atoms with Crippen LogP contribution in [0.5, 0.6) is 0 Å². The third-order valence-electron chi connectivity index (χ3n) is 2.15. The fraction of sp³-hybridized carbons (Fsp3) is 0.833. The predicted octanol–water partition coefficient (Wildman–Crippen LogP) is 4.28. The van der Waals surface area contributed by atoms with E-state index in [0.29, 0.717) is 6.61 Å². The van der Waals surface area contributed by atoms with Gasteiger partial charge >= 0.3 is 0 Å². The number of unbranched alkanes of at least 4 members (excludes halogenated alkanes) is 2. The highest BCUT2D eigenvalue weighted by atomic mass is 127. The second-order valence-corrected chi connectivity index (χ2v) is 4.23. The summed E-state index contributed by atoms with van der Waals surface area (Å²) in [5, 5.41) is 0. The summed E-state index contributed by atoms with van der Waals surface area (Å²) in [4.78, 5) is 0. The third kappa shape index (κ3) is 9.33. The maximum absolute atomic E-state index is 5.76. The molecule has 3 heteroatoms. The topological polar surface area (TPSA) is 18.5 Å². The van der Waals surface area contributed by atoms with Crippen LogP contribution in [0.4, 0.5) is 0 Å². The molecule has 0 aromatic rings. The fourth-order valence-electron chi connectivity index (χ4n) is 1.41.